The molecule has 0 spiro atoms. The number of benzene rings is 2. The van der Waals surface area contributed by atoms with E-state index in [1.165, 1.54) is 0 Å². The maximum atomic E-state index is 14.9. The zero-order valence-electron chi connectivity index (χ0n) is 30.6. The normalized spacial score (nSPS) is 18.8. The highest BCUT2D eigenvalue weighted by Crippen LogP contribution is 2.43. The Labute approximate surface area is 316 Å². The number of aromatic nitrogens is 1. The smallest absolute Gasteiger partial charge is 0.237 e. The van der Waals surface area contributed by atoms with Crippen LogP contribution in [0.5, 0.6) is 5.75 Å². The SMILES string of the molecule is CCCCC(=O)NC(C(=O)C1NC(C(=O)NCc2ccc(-c3scnc3C)cc2)CC1O)(c1cccc(OC[C@@H](N)CCC(N)=O)c1)C(C)(C)C.Cl. The lowest BCUT2D eigenvalue weighted by molar-refractivity contribution is -0.140. The van der Waals surface area contributed by atoms with Gasteiger partial charge in [0.2, 0.25) is 17.7 Å². The number of amides is 3. The number of hydrogen-bond acceptors (Lipinski definition) is 10. The van der Waals surface area contributed by atoms with Crippen molar-refractivity contribution in [2.75, 3.05) is 6.61 Å². The van der Waals surface area contributed by atoms with E-state index in [-0.39, 0.29) is 56.6 Å². The van der Waals surface area contributed by atoms with Crippen LogP contribution in [0.1, 0.15) is 83.0 Å². The first-order chi connectivity index (χ1) is 24.2. The van der Waals surface area contributed by atoms with Gasteiger partial charge in [-0.05, 0) is 60.4 Å². The fraction of sp³-hybridized carbons (Fsp3) is 0.500. The topological polar surface area (TPSA) is 199 Å². The van der Waals surface area contributed by atoms with Gasteiger partial charge < -0.3 is 31.9 Å². The van der Waals surface area contributed by atoms with Gasteiger partial charge in [-0.2, -0.15) is 0 Å². The summed E-state index contributed by atoms with van der Waals surface area (Å²) in [6, 6.07) is 12.3. The van der Waals surface area contributed by atoms with Crippen LogP contribution in [0.25, 0.3) is 10.4 Å². The van der Waals surface area contributed by atoms with E-state index in [4.69, 9.17) is 16.2 Å². The highest BCUT2D eigenvalue weighted by Gasteiger charge is 2.56. The number of carbonyl (C=O) groups is 4. The maximum Gasteiger partial charge on any atom is 0.237 e. The van der Waals surface area contributed by atoms with E-state index in [0.717, 1.165) is 28.1 Å². The zero-order valence-corrected chi connectivity index (χ0v) is 32.2. The minimum atomic E-state index is -1.62. The molecule has 12 nitrogen and oxygen atoms in total. The van der Waals surface area contributed by atoms with Gasteiger partial charge in [0.05, 0.1) is 34.3 Å². The summed E-state index contributed by atoms with van der Waals surface area (Å²) in [7, 11) is 0. The molecule has 3 aromatic rings. The van der Waals surface area contributed by atoms with Gasteiger partial charge in [0, 0.05) is 25.4 Å². The number of nitrogens with one attached hydrogen (secondary N) is 3. The number of Topliss-reactive ketones (excluding diaryl/α,β-unsaturated/α-hetero) is 1. The van der Waals surface area contributed by atoms with Crippen molar-refractivity contribution in [1.29, 1.82) is 0 Å². The number of carbonyl (C=O) groups excluding carboxylic acids is 4. The molecule has 3 amide bonds. The fourth-order valence-corrected chi connectivity index (χ4v) is 7.23. The van der Waals surface area contributed by atoms with Crippen molar-refractivity contribution in [3.05, 3.63) is 70.9 Å². The minimum absolute atomic E-state index is 0. The maximum absolute atomic E-state index is 14.9. The number of ketones is 1. The Morgan fingerprint density at radius 1 is 1.12 bits per heavy atom. The summed E-state index contributed by atoms with van der Waals surface area (Å²) in [5.74, 6) is -1.15. The molecule has 0 aliphatic carbocycles. The fourth-order valence-electron chi connectivity index (χ4n) is 6.41. The Bertz CT molecular complexity index is 1680. The summed E-state index contributed by atoms with van der Waals surface area (Å²) in [6.45, 7) is 9.88. The summed E-state index contributed by atoms with van der Waals surface area (Å²) in [5.41, 5.74) is 14.1. The van der Waals surface area contributed by atoms with Crippen molar-refractivity contribution in [1.82, 2.24) is 20.9 Å². The van der Waals surface area contributed by atoms with E-state index in [2.05, 4.69) is 20.9 Å². The lowest BCUT2D eigenvalue weighted by atomic mass is 9.65. The molecule has 0 radical (unpaired) electrons. The summed E-state index contributed by atoms with van der Waals surface area (Å²) < 4.78 is 5.97. The average molecular weight is 757 g/mol. The molecular formula is C38H53ClN6O6S. The van der Waals surface area contributed by atoms with Gasteiger partial charge in [-0.25, -0.2) is 4.98 Å². The quantitative estimate of drug-likeness (QED) is 0.118. The third-order valence-electron chi connectivity index (χ3n) is 9.34. The number of ether oxygens (including phenoxy) is 1. The number of unbranched alkanes of at least 4 members (excludes halogenated alkanes) is 1. The number of aryl methyl sites for hydroxylation is 1. The summed E-state index contributed by atoms with van der Waals surface area (Å²) in [4.78, 5) is 58.3. The molecule has 1 aliphatic rings. The number of aliphatic hydroxyl groups excluding tert-OH is 1. The summed E-state index contributed by atoms with van der Waals surface area (Å²) >= 11 is 1.57. The zero-order chi connectivity index (χ0) is 37.3. The summed E-state index contributed by atoms with van der Waals surface area (Å²) in [5, 5.41) is 20.4. The number of primary amides is 1. The predicted molar refractivity (Wildman–Crippen MR) is 205 cm³/mol. The monoisotopic (exact) mass is 756 g/mol. The molecule has 1 aromatic heterocycles. The second kappa shape index (κ2) is 18.7. The molecule has 0 bridgehead atoms. The lowest BCUT2D eigenvalue weighted by Gasteiger charge is -2.46. The Morgan fingerprint density at radius 3 is 2.44 bits per heavy atom. The number of nitrogens with two attached hydrogens (primary N) is 2. The molecule has 52 heavy (non-hydrogen) atoms. The predicted octanol–water partition coefficient (Wildman–Crippen LogP) is 4.04. The summed E-state index contributed by atoms with van der Waals surface area (Å²) in [6.07, 6.45) is 0.947. The van der Waals surface area contributed by atoms with E-state index in [1.54, 1.807) is 35.6 Å². The molecule has 0 saturated carbocycles. The van der Waals surface area contributed by atoms with Crippen LogP contribution >= 0.6 is 23.7 Å². The molecule has 2 aromatic carbocycles. The number of hydrogen-bond donors (Lipinski definition) is 6. The van der Waals surface area contributed by atoms with Crippen molar-refractivity contribution in [3.63, 3.8) is 0 Å². The molecule has 8 N–H and O–H groups in total. The van der Waals surface area contributed by atoms with Gasteiger partial charge in [-0.3, -0.25) is 24.5 Å². The molecular weight excluding hydrogens is 704 g/mol. The number of thiazole rings is 1. The second-order valence-corrected chi connectivity index (χ2v) is 15.2. The van der Waals surface area contributed by atoms with Crippen LogP contribution in [-0.4, -0.2) is 64.4 Å². The highest BCUT2D eigenvalue weighted by molar-refractivity contribution is 7.13. The van der Waals surface area contributed by atoms with E-state index in [1.807, 2.05) is 64.4 Å². The number of aliphatic hydroxyl groups is 1. The first-order valence-corrected chi connectivity index (χ1v) is 18.4. The molecule has 2 heterocycles. The van der Waals surface area contributed by atoms with Crippen molar-refractivity contribution in [2.45, 2.75) is 109 Å². The van der Waals surface area contributed by atoms with Gasteiger partial charge in [-0.1, -0.05) is 70.5 Å². The van der Waals surface area contributed by atoms with Crippen LogP contribution < -0.4 is 32.2 Å². The Balaban J connectivity index is 0.00000729. The minimum Gasteiger partial charge on any atom is -0.492 e. The van der Waals surface area contributed by atoms with Gasteiger partial charge in [0.25, 0.3) is 0 Å². The van der Waals surface area contributed by atoms with E-state index < -0.39 is 46.9 Å². The molecule has 14 heteroatoms. The number of halogens is 1. The van der Waals surface area contributed by atoms with Crippen molar-refractivity contribution in [2.24, 2.45) is 16.9 Å². The third-order valence-corrected chi connectivity index (χ3v) is 10.3. The highest BCUT2D eigenvalue weighted by atomic mass is 35.5. The van der Waals surface area contributed by atoms with Crippen LogP contribution in [0.2, 0.25) is 0 Å². The van der Waals surface area contributed by atoms with Crippen molar-refractivity contribution in [3.8, 4) is 16.2 Å². The van der Waals surface area contributed by atoms with Crippen molar-refractivity contribution < 1.29 is 29.0 Å². The van der Waals surface area contributed by atoms with E-state index in [0.29, 0.717) is 24.2 Å². The molecule has 5 atom stereocenters. The van der Waals surface area contributed by atoms with Gasteiger partial charge in [0.15, 0.2) is 5.78 Å². The van der Waals surface area contributed by atoms with Gasteiger partial charge >= 0.3 is 0 Å². The van der Waals surface area contributed by atoms with E-state index in [9.17, 15) is 24.3 Å². The van der Waals surface area contributed by atoms with Crippen LogP contribution in [0, 0.1) is 12.3 Å². The number of nitrogens with zero attached hydrogens (tertiary/aromatic N) is 1. The Morgan fingerprint density at radius 2 is 1.83 bits per heavy atom. The first kappa shape index (κ1) is 42.5. The van der Waals surface area contributed by atoms with Crippen LogP contribution in [0.15, 0.2) is 54.0 Å². The first-order valence-electron chi connectivity index (χ1n) is 17.5. The van der Waals surface area contributed by atoms with Crippen LogP contribution in [-0.2, 0) is 31.3 Å². The molecule has 1 fully saturated rings. The second-order valence-electron chi connectivity index (χ2n) is 14.3. The lowest BCUT2D eigenvalue weighted by Crippen LogP contribution is -2.65. The third kappa shape index (κ3) is 10.4. The largest absolute Gasteiger partial charge is 0.492 e. The molecule has 1 aliphatic heterocycles. The standard InChI is InChI=1S/C38H52N6O6S.ClH/c1-6-7-11-32(47)44-38(37(3,4)5,26-9-8-10-28(18-26)50-21-27(39)16-17-31(40)46)35(48)33-30(45)19-29(43-33)36(49)41-20-24-12-14-25(15-13-24)34-23(2)42-22-51-34;/h8-10,12-15,18,22,27,29-30,33,43,45H,6-7,11,16-17,19-21,39H2,1-5H3,(H2,40,46)(H,41,49)(H,44,47);1H/t27-,29?,30?,33?,38?;/m0./s1. The number of rotatable bonds is 17. The van der Waals surface area contributed by atoms with Crippen molar-refractivity contribution >= 4 is 47.2 Å². The van der Waals surface area contributed by atoms with Gasteiger partial charge in [0.1, 0.15) is 17.9 Å². The average Bonchev–Trinajstić information content (AvgIpc) is 3.71. The molecule has 4 rings (SSSR count). The Hall–Kier alpha value is -3.88. The van der Waals surface area contributed by atoms with Gasteiger partial charge in [-0.15, -0.1) is 23.7 Å². The van der Waals surface area contributed by atoms with Crippen LogP contribution in [0.3, 0.4) is 0 Å². The Kier molecular flexibility index (Phi) is 15.3. The van der Waals surface area contributed by atoms with E-state index >= 15 is 0 Å². The molecule has 284 valence electrons. The molecule has 4 unspecified atom stereocenters. The van der Waals surface area contributed by atoms with Crippen LogP contribution in [0.4, 0.5) is 0 Å². The molecule has 1 saturated heterocycles.